The molecule has 1 saturated heterocycles. The van der Waals surface area contributed by atoms with E-state index >= 15 is 0 Å². The third-order valence-corrected chi connectivity index (χ3v) is 6.54. The molecule has 7 nitrogen and oxygen atoms in total. The van der Waals surface area contributed by atoms with Gasteiger partial charge in [-0.2, -0.15) is 5.10 Å². The lowest BCUT2D eigenvalue weighted by molar-refractivity contribution is -0.274. The molecule has 0 saturated carbocycles. The number of H-pyrrole nitrogens is 1. The van der Waals surface area contributed by atoms with Crippen LogP contribution in [0.25, 0.3) is 21.8 Å². The van der Waals surface area contributed by atoms with Gasteiger partial charge in [0.2, 0.25) is 0 Å². The van der Waals surface area contributed by atoms with Crippen LogP contribution in [0.3, 0.4) is 0 Å². The van der Waals surface area contributed by atoms with Gasteiger partial charge >= 0.3 is 6.36 Å². The number of rotatable bonds is 5. The molecule has 1 fully saturated rings. The predicted molar refractivity (Wildman–Crippen MR) is 127 cm³/mol. The summed E-state index contributed by atoms with van der Waals surface area (Å²) in [5, 5.41) is 5.79. The Hall–Kier alpha value is -3.11. The molecule has 0 bridgehead atoms. The molecule has 2 aromatic carbocycles. The molecule has 1 aliphatic heterocycles. The molecule has 0 radical (unpaired) electrons. The molecule has 0 amide bonds. The summed E-state index contributed by atoms with van der Waals surface area (Å²) in [5.74, 6) is 0.310. The van der Waals surface area contributed by atoms with Gasteiger partial charge in [0.25, 0.3) is 5.56 Å². The minimum Gasteiger partial charge on any atom is -0.404 e. The lowest BCUT2D eigenvalue weighted by Crippen LogP contribution is -2.37. The summed E-state index contributed by atoms with van der Waals surface area (Å²) in [7, 11) is 2.08. The van der Waals surface area contributed by atoms with Gasteiger partial charge in [-0.3, -0.25) is 4.79 Å². The lowest BCUT2D eigenvalue weighted by Gasteiger charge is -2.29. The fraction of sp³-hybridized carbons (Fsp3) is 0.375. The molecular formula is C24H23ClF3N5O2. The smallest absolute Gasteiger partial charge is 0.404 e. The molecule has 1 N–H and O–H groups in total. The van der Waals surface area contributed by atoms with Crippen LogP contribution in [0.5, 0.6) is 5.75 Å². The number of nitrogens with one attached hydrogen (secondary N) is 1. The molecule has 0 aliphatic carbocycles. The molecule has 1 aliphatic rings. The Morgan fingerprint density at radius 2 is 2.00 bits per heavy atom. The number of ether oxygens (including phenoxy) is 1. The Balaban J connectivity index is 1.50. The molecule has 184 valence electrons. The summed E-state index contributed by atoms with van der Waals surface area (Å²) in [6.45, 7) is 2.48. The maximum Gasteiger partial charge on any atom is 0.573 e. The average molecular weight is 506 g/mol. The van der Waals surface area contributed by atoms with E-state index in [-0.39, 0.29) is 17.0 Å². The number of alkyl halides is 3. The number of hydrogen-bond acceptors (Lipinski definition) is 5. The first-order valence-corrected chi connectivity index (χ1v) is 11.7. The van der Waals surface area contributed by atoms with Gasteiger partial charge in [0.1, 0.15) is 11.6 Å². The maximum atomic E-state index is 13.2. The van der Waals surface area contributed by atoms with Gasteiger partial charge in [0, 0.05) is 24.5 Å². The Morgan fingerprint density at radius 1 is 1.23 bits per heavy atom. The van der Waals surface area contributed by atoms with Crippen LogP contribution in [0.2, 0.25) is 5.02 Å². The first kappa shape index (κ1) is 23.6. The largest absolute Gasteiger partial charge is 0.573 e. The standard InChI is InChI=1S/C24H23ClF3N5O2/c1-32-8-4-5-14(12-32)13-33-23(34)16-7-3-2-6-15(16)18(31-33)11-22-29-19-9-17(25)21(10-20(19)30-22)35-24(26,27)28/h2-3,6-7,9-10,14H,4-5,8,11-13H2,1H3,(H,29,30). The topological polar surface area (TPSA) is 76.0 Å². The van der Waals surface area contributed by atoms with Crippen molar-refractivity contribution in [3.05, 3.63) is 63.3 Å². The highest BCUT2D eigenvalue weighted by Gasteiger charge is 2.32. The van der Waals surface area contributed by atoms with Gasteiger partial charge in [-0.25, -0.2) is 9.67 Å². The first-order chi connectivity index (χ1) is 16.7. The summed E-state index contributed by atoms with van der Waals surface area (Å²) >= 11 is 5.97. The molecule has 11 heteroatoms. The van der Waals surface area contributed by atoms with Crippen molar-refractivity contribution in [2.45, 2.75) is 32.2 Å². The van der Waals surface area contributed by atoms with Crippen LogP contribution in [0.15, 0.2) is 41.2 Å². The molecule has 4 aromatic rings. The van der Waals surface area contributed by atoms with Crippen molar-refractivity contribution >= 4 is 33.4 Å². The number of fused-ring (bicyclic) bond motifs is 2. The van der Waals surface area contributed by atoms with Crippen molar-refractivity contribution in [1.29, 1.82) is 0 Å². The second-order valence-electron chi connectivity index (χ2n) is 8.96. The SMILES string of the molecule is CN1CCCC(Cn2nc(Cc3nc4cc(Cl)c(OC(F)(F)F)cc4[nH]3)c3ccccc3c2=O)C1. The summed E-state index contributed by atoms with van der Waals surface area (Å²) in [6, 6.07) is 9.78. The van der Waals surface area contributed by atoms with Crippen molar-refractivity contribution in [2.75, 3.05) is 20.1 Å². The van der Waals surface area contributed by atoms with Crippen molar-refractivity contribution in [3.8, 4) is 5.75 Å². The number of aromatic nitrogens is 4. The number of likely N-dealkylation sites (tertiary alicyclic amines) is 1. The Bertz CT molecular complexity index is 1450. The van der Waals surface area contributed by atoms with E-state index < -0.39 is 12.1 Å². The molecule has 3 heterocycles. The van der Waals surface area contributed by atoms with E-state index in [9.17, 15) is 18.0 Å². The van der Waals surface area contributed by atoms with E-state index in [0.29, 0.717) is 45.8 Å². The van der Waals surface area contributed by atoms with Crippen molar-refractivity contribution in [2.24, 2.45) is 5.92 Å². The third-order valence-electron chi connectivity index (χ3n) is 6.24. The summed E-state index contributed by atoms with van der Waals surface area (Å²) in [5.41, 5.74) is 1.28. The molecule has 5 rings (SSSR count). The minimum atomic E-state index is -4.86. The summed E-state index contributed by atoms with van der Waals surface area (Å²) < 4.78 is 43.6. The zero-order valence-corrected chi connectivity index (χ0v) is 19.7. The zero-order chi connectivity index (χ0) is 24.7. The second-order valence-corrected chi connectivity index (χ2v) is 9.37. The second kappa shape index (κ2) is 9.16. The minimum absolute atomic E-state index is 0.136. The van der Waals surface area contributed by atoms with Crippen LogP contribution in [-0.4, -0.2) is 51.1 Å². The van der Waals surface area contributed by atoms with Crippen LogP contribution >= 0.6 is 11.6 Å². The number of benzene rings is 2. The van der Waals surface area contributed by atoms with Crippen molar-refractivity contribution < 1.29 is 17.9 Å². The molecule has 2 aromatic heterocycles. The van der Waals surface area contributed by atoms with Crippen LogP contribution in [-0.2, 0) is 13.0 Å². The Morgan fingerprint density at radius 3 is 2.74 bits per heavy atom. The van der Waals surface area contributed by atoms with Crippen molar-refractivity contribution in [3.63, 3.8) is 0 Å². The highest BCUT2D eigenvalue weighted by molar-refractivity contribution is 6.32. The lowest BCUT2D eigenvalue weighted by atomic mass is 9.98. The number of piperidine rings is 1. The van der Waals surface area contributed by atoms with Gasteiger partial charge in [-0.1, -0.05) is 29.8 Å². The van der Waals surface area contributed by atoms with E-state index in [2.05, 4.69) is 26.7 Å². The monoisotopic (exact) mass is 505 g/mol. The number of nitrogens with zero attached hydrogens (tertiary/aromatic N) is 4. The Labute approximate surface area is 203 Å². The quantitative estimate of drug-likeness (QED) is 0.423. The normalized spacial score (nSPS) is 17.3. The van der Waals surface area contributed by atoms with Crippen molar-refractivity contribution in [1.82, 2.24) is 24.6 Å². The average Bonchev–Trinajstić information content (AvgIpc) is 3.17. The maximum absolute atomic E-state index is 13.2. The van der Waals surface area contributed by atoms with Gasteiger partial charge in [-0.15, -0.1) is 13.2 Å². The van der Waals surface area contributed by atoms with E-state index in [1.165, 1.54) is 16.8 Å². The number of aromatic amines is 1. The van der Waals surface area contributed by atoms with Gasteiger partial charge in [0.05, 0.1) is 33.6 Å². The van der Waals surface area contributed by atoms with Gasteiger partial charge in [-0.05, 0) is 44.5 Å². The van der Waals surface area contributed by atoms with Crippen LogP contribution < -0.4 is 10.3 Å². The van der Waals surface area contributed by atoms with Crippen LogP contribution in [0.1, 0.15) is 24.4 Å². The van der Waals surface area contributed by atoms with Gasteiger partial charge < -0.3 is 14.6 Å². The highest BCUT2D eigenvalue weighted by atomic mass is 35.5. The van der Waals surface area contributed by atoms with Crippen LogP contribution in [0, 0.1) is 5.92 Å². The Kier molecular flexibility index (Phi) is 6.18. The molecule has 0 spiro atoms. The fourth-order valence-corrected chi connectivity index (χ4v) is 4.93. The summed E-state index contributed by atoms with van der Waals surface area (Å²) in [6.07, 6.45) is -2.48. The van der Waals surface area contributed by atoms with Gasteiger partial charge in [0.15, 0.2) is 0 Å². The third kappa shape index (κ3) is 5.13. The molecule has 1 unspecified atom stereocenters. The van der Waals surface area contributed by atoms with Crippen LogP contribution in [0.4, 0.5) is 13.2 Å². The fourth-order valence-electron chi connectivity index (χ4n) is 4.74. The summed E-state index contributed by atoms with van der Waals surface area (Å²) in [4.78, 5) is 22.9. The number of imidazole rings is 1. The van der Waals surface area contributed by atoms with E-state index in [0.717, 1.165) is 25.9 Å². The highest BCUT2D eigenvalue weighted by Crippen LogP contribution is 2.33. The molecule has 1 atom stereocenters. The van der Waals surface area contributed by atoms with E-state index in [4.69, 9.17) is 16.7 Å². The van der Waals surface area contributed by atoms with E-state index in [1.807, 2.05) is 18.2 Å². The first-order valence-electron chi connectivity index (χ1n) is 11.3. The zero-order valence-electron chi connectivity index (χ0n) is 18.9. The molecular weight excluding hydrogens is 483 g/mol. The number of hydrogen-bond donors (Lipinski definition) is 1. The predicted octanol–water partition coefficient (Wildman–Crippen LogP) is 4.76. The van der Waals surface area contributed by atoms with E-state index in [1.54, 1.807) is 6.07 Å². The number of halogens is 4. The molecule has 35 heavy (non-hydrogen) atoms.